The Morgan fingerprint density at radius 2 is 2.04 bits per heavy atom. The summed E-state index contributed by atoms with van der Waals surface area (Å²) in [5.41, 5.74) is 5.45. The highest BCUT2D eigenvalue weighted by Crippen LogP contribution is 2.23. The molecule has 0 bridgehead atoms. The summed E-state index contributed by atoms with van der Waals surface area (Å²) in [5.74, 6) is 0.0549. The minimum absolute atomic E-state index is 0.0549. The fourth-order valence-corrected chi connectivity index (χ4v) is 3.28. The Morgan fingerprint density at radius 3 is 2.70 bits per heavy atom. The first-order valence-corrected chi connectivity index (χ1v) is 9.48. The molecule has 5 nitrogen and oxygen atoms in total. The van der Waals surface area contributed by atoms with Crippen molar-refractivity contribution < 1.29 is 4.79 Å². The molecule has 1 heterocycles. The maximum atomic E-state index is 12.4. The zero-order valence-corrected chi connectivity index (χ0v) is 17.1. The van der Waals surface area contributed by atoms with Crippen LogP contribution in [0, 0.1) is 32.1 Å². The highest BCUT2D eigenvalue weighted by molar-refractivity contribution is 5.76. The Labute approximate surface area is 162 Å². The third-order valence-corrected chi connectivity index (χ3v) is 5.10. The van der Waals surface area contributed by atoms with Gasteiger partial charge in [-0.05, 0) is 38.3 Å². The van der Waals surface area contributed by atoms with Crippen LogP contribution in [0.5, 0.6) is 0 Å². The summed E-state index contributed by atoms with van der Waals surface area (Å²) < 4.78 is 1.87. The van der Waals surface area contributed by atoms with Crippen molar-refractivity contribution >= 4 is 5.91 Å². The number of nitrogens with one attached hydrogen (secondary N) is 1. The lowest BCUT2D eigenvalue weighted by Gasteiger charge is -2.26. The Kier molecular flexibility index (Phi) is 6.79. The van der Waals surface area contributed by atoms with Crippen LogP contribution in [0.15, 0.2) is 24.3 Å². The van der Waals surface area contributed by atoms with Crippen LogP contribution in [-0.2, 0) is 23.2 Å². The molecule has 0 radical (unpaired) electrons. The van der Waals surface area contributed by atoms with Gasteiger partial charge in [-0.3, -0.25) is 9.48 Å². The van der Waals surface area contributed by atoms with Gasteiger partial charge in [0.25, 0.3) is 0 Å². The van der Waals surface area contributed by atoms with Gasteiger partial charge >= 0.3 is 0 Å². The molecule has 2 aromatic rings. The largest absolute Gasteiger partial charge is 0.355 e. The first kappa shape index (κ1) is 20.7. The van der Waals surface area contributed by atoms with E-state index < -0.39 is 0 Å². The first-order chi connectivity index (χ1) is 12.7. The van der Waals surface area contributed by atoms with Crippen molar-refractivity contribution in [3.8, 4) is 6.07 Å². The number of aryl methyl sites for hydroxylation is 3. The molecule has 0 aliphatic heterocycles. The fraction of sp³-hybridized carbons (Fsp3) is 0.500. The van der Waals surface area contributed by atoms with Crippen LogP contribution < -0.4 is 5.32 Å². The number of aromatic nitrogens is 2. The number of nitriles is 1. The van der Waals surface area contributed by atoms with Crippen molar-refractivity contribution in [3.63, 3.8) is 0 Å². The number of carbonyl (C=O) groups is 1. The molecule has 27 heavy (non-hydrogen) atoms. The second-order valence-corrected chi connectivity index (χ2v) is 7.81. The molecule has 144 valence electrons. The van der Waals surface area contributed by atoms with Crippen LogP contribution in [0.25, 0.3) is 0 Å². The molecular weight excluding hydrogens is 336 g/mol. The first-order valence-electron chi connectivity index (χ1n) is 9.48. The number of amides is 1. The van der Waals surface area contributed by atoms with Gasteiger partial charge in [-0.25, -0.2) is 0 Å². The maximum absolute atomic E-state index is 12.4. The lowest BCUT2D eigenvalue weighted by molar-refractivity contribution is -0.121. The van der Waals surface area contributed by atoms with Gasteiger partial charge in [0.05, 0.1) is 24.7 Å². The maximum Gasteiger partial charge on any atom is 0.220 e. The molecule has 1 aromatic heterocycles. The number of nitrogens with zero attached hydrogens (tertiary/aromatic N) is 3. The van der Waals surface area contributed by atoms with Crippen molar-refractivity contribution in [1.29, 1.82) is 5.26 Å². The highest BCUT2D eigenvalue weighted by Gasteiger charge is 2.21. The zero-order valence-electron chi connectivity index (χ0n) is 17.1. The summed E-state index contributed by atoms with van der Waals surface area (Å²) in [6.45, 7) is 11.6. The second kappa shape index (κ2) is 8.85. The van der Waals surface area contributed by atoms with Crippen LogP contribution in [0.3, 0.4) is 0 Å². The van der Waals surface area contributed by atoms with E-state index in [1.165, 1.54) is 11.1 Å². The van der Waals surface area contributed by atoms with Crippen molar-refractivity contribution in [2.75, 3.05) is 6.54 Å². The average Bonchev–Trinajstić information content (AvgIpc) is 2.90. The van der Waals surface area contributed by atoms with E-state index in [1.807, 2.05) is 18.5 Å². The minimum atomic E-state index is -0.115. The SMILES string of the molecule is Cc1cccc(C(C)(C)CNC(=O)CCc2c(C)nn(CCC#N)c2C)c1. The molecule has 2 rings (SSSR count). The molecule has 0 saturated carbocycles. The molecule has 0 saturated heterocycles. The molecule has 0 atom stereocenters. The van der Waals surface area contributed by atoms with Gasteiger partial charge in [0.15, 0.2) is 0 Å². The van der Waals surface area contributed by atoms with Crippen molar-refractivity contribution in [1.82, 2.24) is 15.1 Å². The van der Waals surface area contributed by atoms with Gasteiger partial charge in [0, 0.05) is 24.1 Å². The summed E-state index contributed by atoms with van der Waals surface area (Å²) in [5, 5.41) is 16.3. The molecule has 0 aliphatic carbocycles. The van der Waals surface area contributed by atoms with E-state index in [2.05, 4.69) is 61.5 Å². The van der Waals surface area contributed by atoms with Gasteiger partial charge in [0.1, 0.15) is 0 Å². The zero-order chi connectivity index (χ0) is 20.0. The Hall–Kier alpha value is -2.61. The lowest BCUT2D eigenvalue weighted by Crippen LogP contribution is -2.36. The van der Waals surface area contributed by atoms with Gasteiger partial charge in [0.2, 0.25) is 5.91 Å². The molecule has 5 heteroatoms. The van der Waals surface area contributed by atoms with Gasteiger partial charge in [-0.15, -0.1) is 0 Å². The predicted octanol–water partition coefficient (Wildman–Crippen LogP) is 3.75. The number of carbonyl (C=O) groups excluding carboxylic acids is 1. The molecule has 1 amide bonds. The Balaban J connectivity index is 1.91. The summed E-state index contributed by atoms with van der Waals surface area (Å²) in [4.78, 5) is 12.4. The van der Waals surface area contributed by atoms with E-state index in [1.54, 1.807) is 0 Å². The lowest BCUT2D eigenvalue weighted by atomic mass is 9.84. The van der Waals surface area contributed by atoms with Crippen LogP contribution in [0.2, 0.25) is 0 Å². The molecule has 0 unspecified atom stereocenters. The van der Waals surface area contributed by atoms with Crippen LogP contribution >= 0.6 is 0 Å². The molecule has 0 fully saturated rings. The molecule has 0 spiro atoms. The van der Waals surface area contributed by atoms with E-state index in [9.17, 15) is 4.79 Å². The van der Waals surface area contributed by atoms with E-state index in [0.717, 1.165) is 17.0 Å². The topological polar surface area (TPSA) is 70.7 Å². The van der Waals surface area contributed by atoms with E-state index in [4.69, 9.17) is 5.26 Å². The standard InChI is InChI=1S/C22H30N4O/c1-16-8-6-9-19(14-16)22(4,5)15-24-21(27)11-10-20-17(2)25-26(18(20)3)13-7-12-23/h6,8-9,14H,7,10-11,13,15H2,1-5H3,(H,24,27). The summed E-state index contributed by atoms with van der Waals surface area (Å²) in [6.07, 6.45) is 1.55. The van der Waals surface area contributed by atoms with Crippen LogP contribution in [0.1, 0.15) is 54.8 Å². The number of benzene rings is 1. The normalized spacial score (nSPS) is 11.3. The molecule has 1 aromatic carbocycles. The number of rotatable bonds is 8. The Morgan fingerprint density at radius 1 is 1.30 bits per heavy atom. The highest BCUT2D eigenvalue weighted by atomic mass is 16.1. The summed E-state index contributed by atoms with van der Waals surface area (Å²) >= 11 is 0. The monoisotopic (exact) mass is 366 g/mol. The average molecular weight is 367 g/mol. The second-order valence-electron chi connectivity index (χ2n) is 7.81. The smallest absolute Gasteiger partial charge is 0.220 e. The van der Waals surface area contributed by atoms with Crippen LogP contribution in [-0.4, -0.2) is 22.2 Å². The van der Waals surface area contributed by atoms with Crippen LogP contribution in [0.4, 0.5) is 0 Å². The predicted molar refractivity (Wildman–Crippen MR) is 107 cm³/mol. The third kappa shape index (κ3) is 5.43. The number of hydrogen-bond acceptors (Lipinski definition) is 3. The summed E-state index contributed by atoms with van der Waals surface area (Å²) in [7, 11) is 0. The molecular formula is C22H30N4O. The van der Waals surface area contributed by atoms with Crippen molar-refractivity contribution in [3.05, 3.63) is 52.3 Å². The van der Waals surface area contributed by atoms with Crippen molar-refractivity contribution in [2.45, 2.75) is 65.8 Å². The molecule has 1 N–H and O–H groups in total. The molecule has 0 aliphatic rings. The minimum Gasteiger partial charge on any atom is -0.355 e. The third-order valence-electron chi connectivity index (χ3n) is 5.10. The van der Waals surface area contributed by atoms with Crippen molar-refractivity contribution in [2.24, 2.45) is 0 Å². The van der Waals surface area contributed by atoms with E-state index in [0.29, 0.717) is 32.4 Å². The van der Waals surface area contributed by atoms with E-state index >= 15 is 0 Å². The Bertz CT molecular complexity index is 842. The summed E-state index contributed by atoms with van der Waals surface area (Å²) in [6, 6.07) is 10.6. The quantitative estimate of drug-likeness (QED) is 0.773. The fourth-order valence-electron chi connectivity index (χ4n) is 3.28. The number of hydrogen-bond donors (Lipinski definition) is 1. The van der Waals surface area contributed by atoms with Gasteiger partial charge in [-0.2, -0.15) is 10.4 Å². The van der Waals surface area contributed by atoms with Gasteiger partial charge in [-0.1, -0.05) is 43.7 Å². The van der Waals surface area contributed by atoms with Gasteiger partial charge < -0.3 is 5.32 Å². The van der Waals surface area contributed by atoms with E-state index in [-0.39, 0.29) is 11.3 Å².